The summed E-state index contributed by atoms with van der Waals surface area (Å²) in [6.07, 6.45) is -0.275. The van der Waals surface area contributed by atoms with Crippen molar-refractivity contribution in [3.8, 4) is 0 Å². The smallest absolute Gasteiger partial charge is 0.410 e. The summed E-state index contributed by atoms with van der Waals surface area (Å²) in [5, 5.41) is 4.05. The third-order valence-corrected chi connectivity index (χ3v) is 4.50. The molecule has 0 aromatic carbocycles. The lowest BCUT2D eigenvalue weighted by Crippen LogP contribution is -2.36. The number of aromatic nitrogens is 2. The Balaban J connectivity index is 1.60. The van der Waals surface area contributed by atoms with E-state index in [2.05, 4.69) is 10.1 Å². The summed E-state index contributed by atoms with van der Waals surface area (Å²) in [6.45, 7) is 11.6. The van der Waals surface area contributed by atoms with Gasteiger partial charge in [0.05, 0.1) is 0 Å². The molecule has 1 aliphatic carbocycles. The number of fused-ring (bicyclic) bond motifs is 1. The van der Waals surface area contributed by atoms with Crippen LogP contribution in [0.3, 0.4) is 0 Å². The molecular weight excluding hydrogens is 326 g/mol. The van der Waals surface area contributed by atoms with Gasteiger partial charge in [-0.3, -0.25) is 4.79 Å². The third-order valence-electron chi connectivity index (χ3n) is 4.50. The second-order valence-electron chi connectivity index (χ2n) is 8.30. The summed E-state index contributed by atoms with van der Waals surface area (Å²) >= 11 is 0. The first kappa shape index (κ1) is 17.7. The average molecular weight is 351 g/mol. The number of nitrogens with zero attached hydrogens (tertiary/aromatic N) is 3. The summed E-state index contributed by atoms with van der Waals surface area (Å²) in [6, 6.07) is 0. The maximum absolute atomic E-state index is 12.1. The number of likely N-dealkylation sites (tertiary alicyclic amines) is 1. The summed E-state index contributed by atoms with van der Waals surface area (Å²) < 4.78 is 15.9. The fourth-order valence-corrected chi connectivity index (χ4v) is 3.40. The lowest BCUT2D eigenvalue weighted by molar-refractivity contribution is -0.157. The van der Waals surface area contributed by atoms with E-state index >= 15 is 0 Å². The van der Waals surface area contributed by atoms with Gasteiger partial charge in [-0.05, 0) is 46.5 Å². The summed E-state index contributed by atoms with van der Waals surface area (Å²) in [4.78, 5) is 29.5. The number of carbonyl (C=O) groups excluding carboxylic acids is 2. The maximum Gasteiger partial charge on any atom is 0.410 e. The van der Waals surface area contributed by atoms with E-state index < -0.39 is 17.2 Å². The molecule has 1 amide bonds. The molecule has 8 heteroatoms. The predicted molar refractivity (Wildman–Crippen MR) is 86.6 cm³/mol. The summed E-state index contributed by atoms with van der Waals surface area (Å²) in [5.41, 5.74) is -1.45. The number of carbonyl (C=O) groups is 2. The minimum atomic E-state index is -0.955. The molecule has 0 bridgehead atoms. The van der Waals surface area contributed by atoms with Crippen LogP contribution in [0.2, 0.25) is 0 Å². The lowest BCUT2D eigenvalue weighted by atomic mass is 10.1. The van der Waals surface area contributed by atoms with Crippen molar-refractivity contribution in [3.05, 3.63) is 11.7 Å². The molecule has 0 radical (unpaired) electrons. The Morgan fingerprint density at radius 2 is 1.72 bits per heavy atom. The Bertz CT molecular complexity index is 679. The van der Waals surface area contributed by atoms with Crippen LogP contribution < -0.4 is 0 Å². The van der Waals surface area contributed by atoms with Gasteiger partial charge in [0.15, 0.2) is 11.4 Å². The minimum Gasteiger partial charge on any atom is -0.450 e. The highest BCUT2D eigenvalue weighted by atomic mass is 16.6. The molecular formula is C17H25N3O5. The Morgan fingerprint density at radius 1 is 1.12 bits per heavy atom. The van der Waals surface area contributed by atoms with Gasteiger partial charge in [-0.15, -0.1) is 0 Å². The molecule has 1 saturated heterocycles. The van der Waals surface area contributed by atoms with Gasteiger partial charge in [0.1, 0.15) is 5.60 Å². The fourth-order valence-electron chi connectivity index (χ4n) is 3.40. The minimum absolute atomic E-state index is 0.185. The zero-order valence-corrected chi connectivity index (χ0v) is 15.5. The van der Waals surface area contributed by atoms with Crippen molar-refractivity contribution >= 4 is 12.1 Å². The van der Waals surface area contributed by atoms with Crippen LogP contribution in [0.5, 0.6) is 0 Å². The average Bonchev–Trinajstić information content (AvgIpc) is 2.86. The first-order chi connectivity index (χ1) is 11.5. The zero-order valence-electron chi connectivity index (χ0n) is 15.5. The van der Waals surface area contributed by atoms with E-state index in [4.69, 9.17) is 14.0 Å². The molecule has 0 N–H and O–H groups in total. The topological polar surface area (TPSA) is 94.8 Å². The van der Waals surface area contributed by atoms with E-state index in [9.17, 15) is 9.59 Å². The van der Waals surface area contributed by atoms with Crippen LogP contribution in [-0.2, 0) is 19.9 Å². The van der Waals surface area contributed by atoms with E-state index in [1.807, 2.05) is 20.8 Å². The van der Waals surface area contributed by atoms with Crippen LogP contribution in [-0.4, -0.2) is 45.8 Å². The molecule has 2 heterocycles. The second kappa shape index (κ2) is 5.71. The summed E-state index contributed by atoms with van der Waals surface area (Å²) in [5.74, 6) is 1.34. The van der Waals surface area contributed by atoms with E-state index in [0.717, 1.165) is 0 Å². The normalized spacial score (nSPS) is 25.5. The Labute approximate surface area is 146 Å². The van der Waals surface area contributed by atoms with Gasteiger partial charge < -0.3 is 18.9 Å². The third kappa shape index (κ3) is 3.62. The van der Waals surface area contributed by atoms with Crippen molar-refractivity contribution in [3.63, 3.8) is 0 Å². The number of amides is 1. The van der Waals surface area contributed by atoms with Gasteiger partial charge in [-0.25, -0.2) is 4.79 Å². The van der Waals surface area contributed by atoms with E-state index in [-0.39, 0.29) is 17.9 Å². The van der Waals surface area contributed by atoms with E-state index in [1.54, 1.807) is 18.7 Å². The number of hydrogen-bond donors (Lipinski definition) is 0. The van der Waals surface area contributed by atoms with Crippen molar-refractivity contribution in [2.75, 3.05) is 13.1 Å². The first-order valence-corrected chi connectivity index (χ1v) is 8.49. The SMILES string of the molecule is CC(=O)OC(C)(C)c1nc(C2[C@H]3CN(C(=O)OC(C)(C)C)C[C@@H]23)no1. The predicted octanol–water partition coefficient (Wildman–Crippen LogP) is 2.45. The number of esters is 1. The molecule has 3 atom stereocenters. The number of rotatable bonds is 3. The highest BCUT2D eigenvalue weighted by Gasteiger charge is 2.60. The quantitative estimate of drug-likeness (QED) is 0.772. The maximum atomic E-state index is 12.1. The Morgan fingerprint density at radius 3 is 2.24 bits per heavy atom. The van der Waals surface area contributed by atoms with Crippen LogP contribution in [0.4, 0.5) is 4.79 Å². The van der Waals surface area contributed by atoms with Crippen LogP contribution in [0, 0.1) is 11.8 Å². The molecule has 138 valence electrons. The molecule has 1 unspecified atom stereocenters. The first-order valence-electron chi connectivity index (χ1n) is 8.49. The molecule has 1 saturated carbocycles. The monoisotopic (exact) mass is 351 g/mol. The van der Waals surface area contributed by atoms with Gasteiger partial charge in [0.2, 0.25) is 0 Å². The number of ether oxygens (including phenoxy) is 2. The van der Waals surface area contributed by atoms with Crippen molar-refractivity contribution in [2.45, 2.75) is 58.7 Å². The second-order valence-corrected chi connectivity index (χ2v) is 8.30. The lowest BCUT2D eigenvalue weighted by Gasteiger charge is -2.25. The van der Waals surface area contributed by atoms with Crippen molar-refractivity contribution < 1.29 is 23.6 Å². The van der Waals surface area contributed by atoms with E-state index in [1.165, 1.54) is 6.92 Å². The standard InChI is InChI=1S/C17H25N3O5/c1-9(21)23-17(5,6)14-18-13(19-25-14)12-10-7-20(8-11(10)12)15(22)24-16(2,3)4/h10-12H,7-8H2,1-6H3/t10-,11+,12?. The molecule has 1 aromatic rings. The Hall–Kier alpha value is -2.12. The van der Waals surface area contributed by atoms with Crippen LogP contribution in [0.1, 0.15) is 59.2 Å². The highest BCUT2D eigenvalue weighted by Crippen LogP contribution is 2.57. The van der Waals surface area contributed by atoms with Crippen molar-refractivity contribution in [1.29, 1.82) is 0 Å². The zero-order chi connectivity index (χ0) is 18.6. The van der Waals surface area contributed by atoms with Gasteiger partial charge in [-0.1, -0.05) is 5.16 Å². The molecule has 2 aliphatic rings. The highest BCUT2D eigenvalue weighted by molar-refractivity contribution is 5.69. The van der Waals surface area contributed by atoms with Gasteiger partial charge in [0.25, 0.3) is 5.89 Å². The van der Waals surface area contributed by atoms with Gasteiger partial charge >= 0.3 is 12.1 Å². The van der Waals surface area contributed by atoms with Gasteiger partial charge in [0, 0.05) is 25.9 Å². The fraction of sp³-hybridized carbons (Fsp3) is 0.765. The molecule has 0 spiro atoms. The molecule has 3 rings (SSSR count). The van der Waals surface area contributed by atoms with Crippen LogP contribution >= 0.6 is 0 Å². The molecule has 2 fully saturated rings. The van der Waals surface area contributed by atoms with Gasteiger partial charge in [-0.2, -0.15) is 4.98 Å². The van der Waals surface area contributed by atoms with Crippen LogP contribution in [0.25, 0.3) is 0 Å². The summed E-state index contributed by atoms with van der Waals surface area (Å²) in [7, 11) is 0. The van der Waals surface area contributed by atoms with Crippen LogP contribution in [0.15, 0.2) is 4.52 Å². The largest absolute Gasteiger partial charge is 0.450 e. The molecule has 1 aromatic heterocycles. The molecule has 25 heavy (non-hydrogen) atoms. The van der Waals surface area contributed by atoms with E-state index in [0.29, 0.717) is 30.7 Å². The van der Waals surface area contributed by atoms with Crippen molar-refractivity contribution in [2.24, 2.45) is 11.8 Å². The number of piperidine rings is 1. The van der Waals surface area contributed by atoms with Crippen molar-refractivity contribution in [1.82, 2.24) is 15.0 Å². The Kier molecular flexibility index (Phi) is 4.04. The number of hydrogen-bond acceptors (Lipinski definition) is 7. The molecule has 8 nitrogen and oxygen atoms in total. The molecule has 1 aliphatic heterocycles.